The van der Waals surface area contributed by atoms with Gasteiger partial charge in [0, 0.05) is 28.5 Å². The molecule has 2 aromatic rings. The number of halogens is 1. The molecule has 0 saturated carbocycles. The van der Waals surface area contributed by atoms with Gasteiger partial charge in [0.1, 0.15) is 6.61 Å². The number of aromatic nitrogens is 1. The molecule has 0 atom stereocenters. The van der Waals surface area contributed by atoms with Crippen molar-refractivity contribution in [3.63, 3.8) is 0 Å². The highest BCUT2D eigenvalue weighted by Gasteiger charge is 2.06. The van der Waals surface area contributed by atoms with E-state index in [9.17, 15) is 4.79 Å². The maximum Gasteiger partial charge on any atom is 0.250 e. The number of nitrogen functional groups attached to an aromatic ring is 1. The number of hydrogen-bond acceptors (Lipinski definition) is 4. The Morgan fingerprint density at radius 1 is 1.33 bits per heavy atom. The Bertz CT molecular complexity index is 605. The van der Waals surface area contributed by atoms with Gasteiger partial charge in [-0.3, -0.25) is 9.78 Å². The Hall–Kier alpha value is -1.92. The molecule has 0 fully saturated rings. The second-order valence-corrected chi connectivity index (χ2v) is 5.27. The molecular weight excluding hydrogens is 334 g/mol. The molecule has 1 heterocycles. The number of ether oxygens (including phenoxy) is 1. The first-order valence-corrected chi connectivity index (χ1v) is 7.27. The van der Waals surface area contributed by atoms with Gasteiger partial charge in [-0.15, -0.1) is 0 Å². The van der Waals surface area contributed by atoms with Gasteiger partial charge in [-0.1, -0.05) is 6.07 Å². The zero-order chi connectivity index (χ0) is 15.1. The minimum Gasteiger partial charge on any atom is -0.399 e. The van der Waals surface area contributed by atoms with Crippen molar-refractivity contribution in [2.24, 2.45) is 0 Å². The monoisotopic (exact) mass is 349 g/mol. The standard InChI is InChI=1S/C15H16BrN3O2/c16-13-9-11(17)4-5-14(13)19-15(20)10-21-8-6-12-3-1-2-7-18-12/h1-5,7,9H,6,8,10,17H2,(H,19,20). The number of nitrogens with one attached hydrogen (secondary N) is 1. The van der Waals surface area contributed by atoms with E-state index in [-0.39, 0.29) is 12.5 Å². The maximum atomic E-state index is 11.8. The van der Waals surface area contributed by atoms with Crippen LogP contribution >= 0.6 is 15.9 Å². The van der Waals surface area contributed by atoms with Gasteiger partial charge in [-0.2, -0.15) is 0 Å². The van der Waals surface area contributed by atoms with Crippen LogP contribution in [0.25, 0.3) is 0 Å². The molecule has 6 heteroatoms. The molecule has 1 aromatic carbocycles. The van der Waals surface area contributed by atoms with E-state index in [1.165, 1.54) is 0 Å². The number of anilines is 2. The van der Waals surface area contributed by atoms with Crippen LogP contribution < -0.4 is 11.1 Å². The first-order valence-electron chi connectivity index (χ1n) is 6.47. The smallest absolute Gasteiger partial charge is 0.250 e. The quantitative estimate of drug-likeness (QED) is 0.620. The van der Waals surface area contributed by atoms with Crippen molar-refractivity contribution in [1.29, 1.82) is 0 Å². The second-order valence-electron chi connectivity index (χ2n) is 4.41. The second kappa shape index (κ2) is 7.75. The lowest BCUT2D eigenvalue weighted by Crippen LogP contribution is -2.19. The van der Waals surface area contributed by atoms with E-state index in [0.717, 1.165) is 10.2 Å². The van der Waals surface area contributed by atoms with Crippen molar-refractivity contribution in [2.45, 2.75) is 6.42 Å². The molecular formula is C15H16BrN3O2. The molecule has 0 aliphatic heterocycles. The van der Waals surface area contributed by atoms with Crippen LogP contribution in [0.15, 0.2) is 47.1 Å². The van der Waals surface area contributed by atoms with Crippen molar-refractivity contribution in [1.82, 2.24) is 4.98 Å². The number of nitrogens with two attached hydrogens (primary N) is 1. The number of pyridine rings is 1. The van der Waals surface area contributed by atoms with Crippen LogP contribution in [-0.4, -0.2) is 24.1 Å². The fourth-order valence-corrected chi connectivity index (χ4v) is 2.20. The lowest BCUT2D eigenvalue weighted by molar-refractivity contribution is -0.120. The first kappa shape index (κ1) is 15.5. The minimum absolute atomic E-state index is 0.00362. The number of nitrogens with zero attached hydrogens (tertiary/aromatic N) is 1. The summed E-state index contributed by atoms with van der Waals surface area (Å²) in [6.07, 6.45) is 2.42. The molecule has 1 aromatic heterocycles. The van der Waals surface area contributed by atoms with Gasteiger partial charge in [0.2, 0.25) is 5.91 Å². The number of hydrogen-bond donors (Lipinski definition) is 2. The summed E-state index contributed by atoms with van der Waals surface area (Å²) in [7, 11) is 0. The third-order valence-electron chi connectivity index (χ3n) is 2.73. The van der Waals surface area contributed by atoms with Crippen LogP contribution in [0.4, 0.5) is 11.4 Å². The predicted molar refractivity (Wildman–Crippen MR) is 85.9 cm³/mol. The molecule has 5 nitrogen and oxygen atoms in total. The van der Waals surface area contributed by atoms with Gasteiger partial charge < -0.3 is 15.8 Å². The number of carbonyl (C=O) groups excluding carboxylic acids is 1. The molecule has 0 bridgehead atoms. The number of benzene rings is 1. The van der Waals surface area contributed by atoms with Crippen LogP contribution in [0.5, 0.6) is 0 Å². The summed E-state index contributed by atoms with van der Waals surface area (Å²) in [5.74, 6) is -0.207. The number of rotatable bonds is 6. The SMILES string of the molecule is Nc1ccc(NC(=O)COCCc2ccccn2)c(Br)c1. The predicted octanol–water partition coefficient (Wildman–Crippen LogP) is 2.62. The van der Waals surface area contributed by atoms with Gasteiger partial charge in [0.15, 0.2) is 0 Å². The fourth-order valence-electron chi connectivity index (χ4n) is 1.71. The Kier molecular flexibility index (Phi) is 5.71. The summed E-state index contributed by atoms with van der Waals surface area (Å²) < 4.78 is 6.08. The highest BCUT2D eigenvalue weighted by Crippen LogP contribution is 2.24. The molecule has 1 amide bonds. The highest BCUT2D eigenvalue weighted by atomic mass is 79.9. The summed E-state index contributed by atoms with van der Waals surface area (Å²) in [6, 6.07) is 10.9. The molecule has 3 N–H and O–H groups in total. The molecule has 0 spiro atoms. The molecule has 0 aliphatic rings. The third kappa shape index (κ3) is 5.17. The summed E-state index contributed by atoms with van der Waals surface area (Å²) in [6.45, 7) is 0.455. The van der Waals surface area contributed by atoms with Gasteiger partial charge in [-0.25, -0.2) is 0 Å². The van der Waals surface area contributed by atoms with Gasteiger partial charge in [0.25, 0.3) is 0 Å². The van der Waals surface area contributed by atoms with E-state index in [0.29, 0.717) is 24.4 Å². The normalized spacial score (nSPS) is 10.3. The average Bonchev–Trinajstić information content (AvgIpc) is 2.48. The Morgan fingerprint density at radius 2 is 2.19 bits per heavy atom. The Labute approximate surface area is 131 Å². The van der Waals surface area contributed by atoms with E-state index in [4.69, 9.17) is 10.5 Å². The lowest BCUT2D eigenvalue weighted by Gasteiger charge is -2.08. The fraction of sp³-hybridized carbons (Fsp3) is 0.200. The lowest BCUT2D eigenvalue weighted by atomic mass is 10.3. The molecule has 0 unspecified atom stereocenters. The number of carbonyl (C=O) groups is 1. The molecule has 2 rings (SSSR count). The van der Waals surface area contributed by atoms with Gasteiger partial charge >= 0.3 is 0 Å². The molecule has 0 radical (unpaired) electrons. The van der Waals surface area contributed by atoms with Crippen LogP contribution in [0.3, 0.4) is 0 Å². The zero-order valence-corrected chi connectivity index (χ0v) is 13.0. The van der Waals surface area contributed by atoms with Gasteiger partial charge in [-0.05, 0) is 46.3 Å². The summed E-state index contributed by atoms with van der Waals surface area (Å²) >= 11 is 3.34. The average molecular weight is 350 g/mol. The molecule has 21 heavy (non-hydrogen) atoms. The highest BCUT2D eigenvalue weighted by molar-refractivity contribution is 9.10. The topological polar surface area (TPSA) is 77.2 Å². The molecule has 0 saturated heterocycles. The van der Waals surface area contributed by atoms with Crippen molar-refractivity contribution in [3.8, 4) is 0 Å². The summed E-state index contributed by atoms with van der Waals surface area (Å²) in [5.41, 5.74) is 7.88. The number of amides is 1. The first-order chi connectivity index (χ1) is 10.1. The Morgan fingerprint density at radius 3 is 2.90 bits per heavy atom. The van der Waals surface area contributed by atoms with Gasteiger partial charge in [0.05, 0.1) is 12.3 Å². The van der Waals surface area contributed by atoms with E-state index in [2.05, 4.69) is 26.2 Å². The van der Waals surface area contributed by atoms with E-state index < -0.39 is 0 Å². The van der Waals surface area contributed by atoms with E-state index in [1.807, 2.05) is 18.2 Å². The summed E-state index contributed by atoms with van der Waals surface area (Å²) in [5, 5.41) is 2.75. The minimum atomic E-state index is -0.207. The van der Waals surface area contributed by atoms with Crippen molar-refractivity contribution in [3.05, 3.63) is 52.8 Å². The maximum absolute atomic E-state index is 11.8. The van der Waals surface area contributed by atoms with Crippen molar-refractivity contribution >= 4 is 33.2 Å². The third-order valence-corrected chi connectivity index (χ3v) is 3.39. The van der Waals surface area contributed by atoms with E-state index >= 15 is 0 Å². The van der Waals surface area contributed by atoms with Crippen LogP contribution in [0.2, 0.25) is 0 Å². The summed E-state index contributed by atoms with van der Waals surface area (Å²) in [4.78, 5) is 15.9. The molecule has 0 aliphatic carbocycles. The van der Waals surface area contributed by atoms with Crippen molar-refractivity contribution in [2.75, 3.05) is 24.3 Å². The molecule has 110 valence electrons. The van der Waals surface area contributed by atoms with Crippen LogP contribution in [-0.2, 0) is 16.0 Å². The van der Waals surface area contributed by atoms with Crippen molar-refractivity contribution < 1.29 is 9.53 Å². The van der Waals surface area contributed by atoms with E-state index in [1.54, 1.807) is 24.4 Å². The zero-order valence-electron chi connectivity index (χ0n) is 11.4. The van der Waals surface area contributed by atoms with Crippen LogP contribution in [0, 0.1) is 0 Å². The van der Waals surface area contributed by atoms with Crippen LogP contribution in [0.1, 0.15) is 5.69 Å². The Balaban J connectivity index is 1.72. The largest absolute Gasteiger partial charge is 0.399 e.